The summed E-state index contributed by atoms with van der Waals surface area (Å²) in [5.41, 5.74) is 1.44. The molecule has 0 bridgehead atoms. The van der Waals surface area contributed by atoms with E-state index in [1.54, 1.807) is 11.0 Å². The standard InChI is InChI=1S/C16H19ClN2O2/c17-13-10-12(18-16(21)11-4-1-2-5-11)7-8-14(13)19-9-3-6-15(19)20/h7-8,10-11H,1-6,9H2,(H,18,21). The van der Waals surface area contributed by atoms with E-state index in [-0.39, 0.29) is 17.7 Å². The van der Waals surface area contributed by atoms with Crippen molar-refractivity contribution in [1.29, 1.82) is 0 Å². The van der Waals surface area contributed by atoms with Crippen LogP contribution in [0.1, 0.15) is 38.5 Å². The highest BCUT2D eigenvalue weighted by Crippen LogP contribution is 2.32. The van der Waals surface area contributed by atoms with Crippen LogP contribution in [-0.2, 0) is 9.59 Å². The maximum Gasteiger partial charge on any atom is 0.227 e. The van der Waals surface area contributed by atoms with Crippen molar-refractivity contribution in [1.82, 2.24) is 0 Å². The SMILES string of the molecule is O=C(Nc1ccc(N2CCCC2=O)c(Cl)c1)C1CCCC1. The molecule has 1 aliphatic heterocycles. The van der Waals surface area contributed by atoms with Crippen LogP contribution in [0.4, 0.5) is 11.4 Å². The lowest BCUT2D eigenvalue weighted by atomic mass is 10.1. The minimum atomic E-state index is 0.0774. The fourth-order valence-electron chi connectivity index (χ4n) is 3.14. The number of hydrogen-bond donors (Lipinski definition) is 1. The molecule has 1 saturated heterocycles. The van der Waals surface area contributed by atoms with Crippen molar-refractivity contribution in [2.45, 2.75) is 38.5 Å². The average Bonchev–Trinajstić information content (AvgIpc) is 3.10. The maximum absolute atomic E-state index is 12.1. The Morgan fingerprint density at radius 3 is 2.62 bits per heavy atom. The van der Waals surface area contributed by atoms with E-state index in [2.05, 4.69) is 5.32 Å². The molecule has 1 aromatic carbocycles. The van der Waals surface area contributed by atoms with Gasteiger partial charge in [0.05, 0.1) is 10.7 Å². The van der Waals surface area contributed by atoms with E-state index >= 15 is 0 Å². The molecule has 112 valence electrons. The molecular formula is C16H19ClN2O2. The van der Waals surface area contributed by atoms with Crippen LogP contribution in [0.15, 0.2) is 18.2 Å². The van der Waals surface area contributed by atoms with Gasteiger partial charge >= 0.3 is 0 Å². The summed E-state index contributed by atoms with van der Waals surface area (Å²) in [7, 11) is 0. The zero-order valence-electron chi connectivity index (χ0n) is 11.9. The van der Waals surface area contributed by atoms with E-state index < -0.39 is 0 Å². The molecule has 0 aromatic heterocycles. The number of halogens is 1. The van der Waals surface area contributed by atoms with Gasteiger partial charge in [-0.25, -0.2) is 0 Å². The number of anilines is 2. The van der Waals surface area contributed by atoms with Gasteiger partial charge in [-0.2, -0.15) is 0 Å². The lowest BCUT2D eigenvalue weighted by molar-refractivity contribution is -0.119. The second-order valence-corrected chi connectivity index (χ2v) is 6.19. The van der Waals surface area contributed by atoms with Crippen LogP contribution >= 0.6 is 11.6 Å². The lowest BCUT2D eigenvalue weighted by Crippen LogP contribution is -2.24. The Morgan fingerprint density at radius 1 is 1.24 bits per heavy atom. The molecule has 2 amide bonds. The third-order valence-corrected chi connectivity index (χ3v) is 4.61. The largest absolute Gasteiger partial charge is 0.326 e. The molecule has 0 atom stereocenters. The fourth-order valence-corrected chi connectivity index (χ4v) is 3.42. The number of carbonyl (C=O) groups is 2. The molecule has 1 aromatic rings. The van der Waals surface area contributed by atoms with Crippen LogP contribution in [0, 0.1) is 5.92 Å². The summed E-state index contributed by atoms with van der Waals surface area (Å²) in [5, 5.41) is 3.44. The summed E-state index contributed by atoms with van der Waals surface area (Å²) < 4.78 is 0. The van der Waals surface area contributed by atoms with Gasteiger partial charge in [0.15, 0.2) is 0 Å². The number of nitrogens with one attached hydrogen (secondary N) is 1. The van der Waals surface area contributed by atoms with E-state index in [1.807, 2.05) is 12.1 Å². The second kappa shape index (κ2) is 6.06. The van der Waals surface area contributed by atoms with E-state index in [9.17, 15) is 9.59 Å². The lowest BCUT2D eigenvalue weighted by Gasteiger charge is -2.18. The van der Waals surface area contributed by atoms with Gasteiger partial charge in [-0.05, 0) is 37.5 Å². The van der Waals surface area contributed by atoms with Gasteiger partial charge in [-0.1, -0.05) is 24.4 Å². The molecule has 3 rings (SSSR count). The highest BCUT2D eigenvalue weighted by molar-refractivity contribution is 6.34. The number of benzene rings is 1. The third-order valence-electron chi connectivity index (χ3n) is 4.31. The van der Waals surface area contributed by atoms with E-state index in [4.69, 9.17) is 11.6 Å². The Balaban J connectivity index is 1.71. The number of carbonyl (C=O) groups excluding carboxylic acids is 2. The minimum absolute atomic E-state index is 0.0774. The Hall–Kier alpha value is -1.55. The summed E-state index contributed by atoms with van der Waals surface area (Å²) in [6.45, 7) is 0.715. The summed E-state index contributed by atoms with van der Waals surface area (Å²) in [4.78, 5) is 25.6. The zero-order chi connectivity index (χ0) is 14.8. The molecule has 0 unspecified atom stereocenters. The number of rotatable bonds is 3. The van der Waals surface area contributed by atoms with Crippen LogP contribution in [0.2, 0.25) is 5.02 Å². The average molecular weight is 307 g/mol. The van der Waals surface area contributed by atoms with Crippen molar-refractivity contribution in [3.05, 3.63) is 23.2 Å². The second-order valence-electron chi connectivity index (χ2n) is 5.79. The monoisotopic (exact) mass is 306 g/mol. The summed E-state index contributed by atoms with van der Waals surface area (Å²) in [6, 6.07) is 5.37. The summed E-state index contributed by atoms with van der Waals surface area (Å²) in [5.74, 6) is 0.316. The van der Waals surface area contributed by atoms with Gasteiger partial charge in [0, 0.05) is 24.6 Å². The van der Waals surface area contributed by atoms with Crippen LogP contribution in [0.5, 0.6) is 0 Å². The predicted octanol–water partition coefficient (Wildman–Crippen LogP) is 3.60. The Bertz CT molecular complexity index is 567. The first-order valence-corrected chi connectivity index (χ1v) is 7.94. The molecule has 1 heterocycles. The molecule has 21 heavy (non-hydrogen) atoms. The fraction of sp³-hybridized carbons (Fsp3) is 0.500. The first-order valence-electron chi connectivity index (χ1n) is 7.56. The molecule has 0 spiro atoms. The smallest absolute Gasteiger partial charge is 0.227 e. The Labute approximate surface area is 129 Å². The van der Waals surface area contributed by atoms with Crippen molar-refractivity contribution < 1.29 is 9.59 Å². The Kier molecular flexibility index (Phi) is 4.15. The van der Waals surface area contributed by atoms with Crippen molar-refractivity contribution in [2.24, 2.45) is 5.92 Å². The van der Waals surface area contributed by atoms with Crippen LogP contribution in [0.3, 0.4) is 0 Å². The van der Waals surface area contributed by atoms with Crippen LogP contribution < -0.4 is 10.2 Å². The van der Waals surface area contributed by atoms with Gasteiger partial charge in [-0.3, -0.25) is 9.59 Å². The minimum Gasteiger partial charge on any atom is -0.326 e. The van der Waals surface area contributed by atoms with Gasteiger partial charge in [0.2, 0.25) is 11.8 Å². The summed E-state index contributed by atoms with van der Waals surface area (Å²) >= 11 is 6.27. The normalized spacial score (nSPS) is 19.3. The number of hydrogen-bond acceptors (Lipinski definition) is 2. The predicted molar refractivity (Wildman–Crippen MR) is 83.6 cm³/mol. The topological polar surface area (TPSA) is 49.4 Å². The van der Waals surface area contributed by atoms with Crippen molar-refractivity contribution >= 4 is 34.8 Å². The quantitative estimate of drug-likeness (QED) is 0.927. The van der Waals surface area contributed by atoms with Crippen LogP contribution in [-0.4, -0.2) is 18.4 Å². The van der Waals surface area contributed by atoms with Crippen molar-refractivity contribution in [3.63, 3.8) is 0 Å². The van der Waals surface area contributed by atoms with E-state index in [0.717, 1.165) is 37.8 Å². The molecule has 2 aliphatic rings. The van der Waals surface area contributed by atoms with Crippen molar-refractivity contribution in [2.75, 3.05) is 16.8 Å². The van der Waals surface area contributed by atoms with Crippen LogP contribution in [0.25, 0.3) is 0 Å². The molecule has 0 radical (unpaired) electrons. The molecular weight excluding hydrogens is 288 g/mol. The first kappa shape index (κ1) is 14.4. The summed E-state index contributed by atoms with van der Waals surface area (Å²) in [6.07, 6.45) is 5.66. The van der Waals surface area contributed by atoms with Crippen molar-refractivity contribution in [3.8, 4) is 0 Å². The zero-order valence-corrected chi connectivity index (χ0v) is 12.7. The number of amides is 2. The van der Waals surface area contributed by atoms with E-state index in [1.165, 1.54) is 0 Å². The van der Waals surface area contributed by atoms with Gasteiger partial charge in [0.25, 0.3) is 0 Å². The molecule has 1 aliphatic carbocycles. The number of nitrogens with zero attached hydrogens (tertiary/aromatic N) is 1. The van der Waals surface area contributed by atoms with Gasteiger partial charge in [0.1, 0.15) is 0 Å². The highest BCUT2D eigenvalue weighted by Gasteiger charge is 2.25. The Morgan fingerprint density at radius 2 is 2.00 bits per heavy atom. The first-order chi connectivity index (χ1) is 10.1. The molecule has 2 fully saturated rings. The van der Waals surface area contributed by atoms with Gasteiger partial charge < -0.3 is 10.2 Å². The van der Waals surface area contributed by atoms with E-state index in [0.29, 0.717) is 23.7 Å². The van der Waals surface area contributed by atoms with Gasteiger partial charge in [-0.15, -0.1) is 0 Å². The maximum atomic E-state index is 12.1. The molecule has 4 nitrogen and oxygen atoms in total. The molecule has 1 saturated carbocycles. The highest BCUT2D eigenvalue weighted by atomic mass is 35.5. The molecule has 1 N–H and O–H groups in total. The molecule has 5 heteroatoms. The third kappa shape index (κ3) is 3.05.